The minimum atomic E-state index is -0.437. The molecule has 1 rings (SSSR count). The molecule has 0 fully saturated rings. The Kier molecular flexibility index (Phi) is 5.42. The molecule has 0 radical (unpaired) electrons. The van der Waals surface area contributed by atoms with Crippen molar-refractivity contribution in [1.29, 1.82) is 0 Å². The number of halogens is 1. The standard InChI is InChI=1S/C12H18FN3O/c1-3-16(2)9-8-14-12(17)15-11-7-5-4-6-10(11)13/h4-7H,3,8-9H2,1-2H3,(H2,14,15,17). The van der Waals surface area contributed by atoms with Crippen molar-refractivity contribution in [1.82, 2.24) is 10.2 Å². The zero-order chi connectivity index (χ0) is 12.7. The summed E-state index contributed by atoms with van der Waals surface area (Å²) in [6, 6.07) is 5.69. The van der Waals surface area contributed by atoms with E-state index in [4.69, 9.17) is 0 Å². The van der Waals surface area contributed by atoms with E-state index in [1.807, 2.05) is 14.0 Å². The molecule has 4 nitrogen and oxygen atoms in total. The van der Waals surface area contributed by atoms with Crippen LogP contribution >= 0.6 is 0 Å². The third-order valence-corrected chi connectivity index (χ3v) is 2.44. The van der Waals surface area contributed by atoms with E-state index in [0.29, 0.717) is 6.54 Å². The molecule has 0 aliphatic rings. The molecule has 1 aromatic carbocycles. The van der Waals surface area contributed by atoms with Gasteiger partial charge in [-0.2, -0.15) is 0 Å². The van der Waals surface area contributed by atoms with Gasteiger partial charge >= 0.3 is 6.03 Å². The summed E-state index contributed by atoms with van der Waals surface area (Å²) in [5.74, 6) is -0.437. The van der Waals surface area contributed by atoms with Crippen LogP contribution in [0.1, 0.15) is 6.92 Å². The Morgan fingerprint density at radius 1 is 1.41 bits per heavy atom. The lowest BCUT2D eigenvalue weighted by atomic mass is 10.3. The number of carbonyl (C=O) groups excluding carboxylic acids is 1. The Hall–Kier alpha value is -1.62. The predicted molar refractivity (Wildman–Crippen MR) is 66.6 cm³/mol. The number of hydrogen-bond donors (Lipinski definition) is 2. The zero-order valence-corrected chi connectivity index (χ0v) is 10.2. The van der Waals surface area contributed by atoms with Crippen molar-refractivity contribution < 1.29 is 9.18 Å². The number of hydrogen-bond acceptors (Lipinski definition) is 2. The molecule has 0 saturated carbocycles. The molecule has 94 valence electrons. The summed E-state index contributed by atoms with van der Waals surface area (Å²) in [5, 5.41) is 5.12. The number of rotatable bonds is 5. The van der Waals surface area contributed by atoms with Gasteiger partial charge in [-0.05, 0) is 25.7 Å². The van der Waals surface area contributed by atoms with Crippen LogP contribution in [0.4, 0.5) is 14.9 Å². The van der Waals surface area contributed by atoms with Crippen LogP contribution in [-0.2, 0) is 0 Å². The molecular weight excluding hydrogens is 221 g/mol. The highest BCUT2D eigenvalue weighted by Crippen LogP contribution is 2.11. The molecule has 0 unspecified atom stereocenters. The van der Waals surface area contributed by atoms with Crippen LogP contribution in [0.3, 0.4) is 0 Å². The largest absolute Gasteiger partial charge is 0.337 e. The maximum absolute atomic E-state index is 13.2. The fourth-order valence-electron chi connectivity index (χ4n) is 1.25. The molecule has 0 saturated heterocycles. The van der Waals surface area contributed by atoms with Gasteiger partial charge in [-0.15, -0.1) is 0 Å². The first-order valence-corrected chi connectivity index (χ1v) is 5.61. The van der Waals surface area contributed by atoms with Crippen molar-refractivity contribution >= 4 is 11.7 Å². The van der Waals surface area contributed by atoms with E-state index in [-0.39, 0.29) is 11.7 Å². The Balaban J connectivity index is 2.33. The monoisotopic (exact) mass is 239 g/mol. The van der Waals surface area contributed by atoms with Crippen molar-refractivity contribution in [2.45, 2.75) is 6.92 Å². The lowest BCUT2D eigenvalue weighted by molar-refractivity contribution is 0.249. The second-order valence-electron chi connectivity index (χ2n) is 3.76. The molecule has 17 heavy (non-hydrogen) atoms. The number of para-hydroxylation sites is 1. The topological polar surface area (TPSA) is 44.4 Å². The molecule has 0 aliphatic carbocycles. The normalized spacial score (nSPS) is 10.4. The summed E-state index contributed by atoms with van der Waals surface area (Å²) in [6.45, 7) is 4.27. The molecule has 0 bridgehead atoms. The van der Waals surface area contributed by atoms with Gasteiger partial charge in [0.1, 0.15) is 5.82 Å². The Morgan fingerprint density at radius 2 is 2.12 bits per heavy atom. The van der Waals surface area contributed by atoms with E-state index in [9.17, 15) is 9.18 Å². The number of amides is 2. The Bertz CT molecular complexity index is 371. The third-order valence-electron chi connectivity index (χ3n) is 2.44. The van der Waals surface area contributed by atoms with E-state index in [1.165, 1.54) is 12.1 Å². The maximum Gasteiger partial charge on any atom is 0.319 e. The van der Waals surface area contributed by atoms with E-state index >= 15 is 0 Å². The minimum Gasteiger partial charge on any atom is -0.337 e. The predicted octanol–water partition coefficient (Wildman–Crippen LogP) is 1.90. The molecule has 0 heterocycles. The van der Waals surface area contributed by atoms with Crippen LogP contribution in [0.2, 0.25) is 0 Å². The van der Waals surface area contributed by atoms with Gasteiger partial charge in [-0.3, -0.25) is 0 Å². The summed E-state index contributed by atoms with van der Waals surface area (Å²) in [4.78, 5) is 13.5. The highest BCUT2D eigenvalue weighted by molar-refractivity contribution is 5.89. The molecule has 5 heteroatoms. The number of nitrogens with zero attached hydrogens (tertiary/aromatic N) is 1. The van der Waals surface area contributed by atoms with Gasteiger partial charge < -0.3 is 15.5 Å². The molecule has 0 aliphatic heterocycles. The maximum atomic E-state index is 13.2. The van der Waals surface area contributed by atoms with Gasteiger partial charge in [0.25, 0.3) is 0 Å². The van der Waals surface area contributed by atoms with Crippen LogP contribution < -0.4 is 10.6 Å². The zero-order valence-electron chi connectivity index (χ0n) is 10.2. The molecular formula is C12H18FN3O. The molecule has 1 aromatic rings. The Morgan fingerprint density at radius 3 is 2.76 bits per heavy atom. The highest BCUT2D eigenvalue weighted by atomic mass is 19.1. The van der Waals surface area contributed by atoms with E-state index in [0.717, 1.165) is 13.1 Å². The van der Waals surface area contributed by atoms with Crippen LogP contribution in [0, 0.1) is 5.82 Å². The molecule has 0 aromatic heterocycles. The highest BCUT2D eigenvalue weighted by Gasteiger charge is 2.05. The number of anilines is 1. The summed E-state index contributed by atoms with van der Waals surface area (Å²) in [6.07, 6.45) is 0. The molecule has 2 amide bonds. The number of likely N-dealkylation sites (N-methyl/N-ethyl adjacent to an activating group) is 1. The first-order valence-electron chi connectivity index (χ1n) is 5.61. The SMILES string of the molecule is CCN(C)CCNC(=O)Nc1ccccc1F. The first-order chi connectivity index (χ1) is 8.13. The van der Waals surface area contributed by atoms with Gasteiger partial charge in [0.05, 0.1) is 5.69 Å². The molecule has 0 spiro atoms. The van der Waals surface area contributed by atoms with Crippen LogP contribution in [0.15, 0.2) is 24.3 Å². The fourth-order valence-corrected chi connectivity index (χ4v) is 1.25. The number of nitrogens with one attached hydrogen (secondary N) is 2. The summed E-state index contributed by atoms with van der Waals surface area (Å²) in [7, 11) is 1.97. The average molecular weight is 239 g/mol. The fraction of sp³-hybridized carbons (Fsp3) is 0.417. The average Bonchev–Trinajstić information content (AvgIpc) is 2.32. The van der Waals surface area contributed by atoms with E-state index in [2.05, 4.69) is 15.5 Å². The lowest BCUT2D eigenvalue weighted by Gasteiger charge is -2.14. The lowest BCUT2D eigenvalue weighted by Crippen LogP contribution is -2.35. The van der Waals surface area contributed by atoms with Gasteiger partial charge in [0.2, 0.25) is 0 Å². The molecule has 2 N–H and O–H groups in total. The number of benzene rings is 1. The van der Waals surface area contributed by atoms with Gasteiger partial charge in [-0.1, -0.05) is 19.1 Å². The van der Waals surface area contributed by atoms with Crippen molar-refractivity contribution in [3.05, 3.63) is 30.1 Å². The molecule has 0 atom stereocenters. The van der Waals surface area contributed by atoms with Crippen molar-refractivity contribution in [2.24, 2.45) is 0 Å². The summed E-state index contributed by atoms with van der Waals surface area (Å²) < 4.78 is 13.2. The van der Waals surface area contributed by atoms with E-state index < -0.39 is 5.82 Å². The van der Waals surface area contributed by atoms with Gasteiger partial charge in [-0.25, -0.2) is 9.18 Å². The first kappa shape index (κ1) is 13.4. The van der Waals surface area contributed by atoms with Crippen molar-refractivity contribution in [3.63, 3.8) is 0 Å². The van der Waals surface area contributed by atoms with Crippen molar-refractivity contribution in [3.8, 4) is 0 Å². The summed E-state index contributed by atoms with van der Waals surface area (Å²) >= 11 is 0. The summed E-state index contributed by atoms with van der Waals surface area (Å²) in [5.41, 5.74) is 0.189. The number of carbonyl (C=O) groups is 1. The van der Waals surface area contributed by atoms with Crippen LogP contribution in [0.25, 0.3) is 0 Å². The van der Waals surface area contributed by atoms with Gasteiger partial charge in [0.15, 0.2) is 0 Å². The minimum absolute atomic E-state index is 0.189. The van der Waals surface area contributed by atoms with Crippen LogP contribution in [-0.4, -0.2) is 37.6 Å². The number of urea groups is 1. The van der Waals surface area contributed by atoms with Gasteiger partial charge in [0, 0.05) is 13.1 Å². The smallest absolute Gasteiger partial charge is 0.319 e. The van der Waals surface area contributed by atoms with Crippen molar-refractivity contribution in [2.75, 3.05) is 32.0 Å². The van der Waals surface area contributed by atoms with E-state index in [1.54, 1.807) is 12.1 Å². The Labute approximate surface area is 101 Å². The second-order valence-corrected chi connectivity index (χ2v) is 3.76. The third kappa shape index (κ3) is 4.82. The quantitative estimate of drug-likeness (QED) is 0.824. The second kappa shape index (κ2) is 6.85. The van der Waals surface area contributed by atoms with Crippen LogP contribution in [0.5, 0.6) is 0 Å².